The molecule has 1 amide bonds. The van der Waals surface area contributed by atoms with E-state index in [2.05, 4.69) is 15.9 Å². The molecule has 0 aromatic heterocycles. The van der Waals surface area contributed by atoms with Crippen molar-refractivity contribution in [3.8, 4) is 0 Å². The molecular weight excluding hydrogens is 298 g/mol. The Balaban J connectivity index is 2.55. The molecule has 0 N–H and O–H groups in total. The first-order valence-electron chi connectivity index (χ1n) is 5.68. The van der Waals surface area contributed by atoms with E-state index in [0.717, 1.165) is 0 Å². The summed E-state index contributed by atoms with van der Waals surface area (Å²) >= 11 is 3.32. The molecule has 0 aliphatic carbocycles. The Morgan fingerprint density at radius 1 is 1.39 bits per heavy atom. The second kappa shape index (κ2) is 4.65. The Kier molecular flexibility index (Phi) is 3.34. The number of nitrogens with zero attached hydrogens (tertiary/aromatic N) is 1. The SMILES string of the molecule is CCC(=O)C(C)N1C(=O)C(=O)c2cccc(Br)c21. The molecule has 0 radical (unpaired) electrons. The third-order valence-corrected chi connectivity index (χ3v) is 3.73. The van der Waals surface area contributed by atoms with Crippen LogP contribution in [0.5, 0.6) is 0 Å². The number of ketones is 2. The van der Waals surface area contributed by atoms with Gasteiger partial charge in [0.2, 0.25) is 0 Å². The summed E-state index contributed by atoms with van der Waals surface area (Å²) in [4.78, 5) is 36.9. The number of halogens is 1. The minimum Gasteiger partial charge on any atom is -0.297 e. The lowest BCUT2D eigenvalue weighted by atomic mass is 10.1. The lowest BCUT2D eigenvalue weighted by Gasteiger charge is -2.23. The standard InChI is InChI=1S/C13H12BrNO3/c1-3-10(16)7(2)15-11-8(12(17)13(15)18)5-4-6-9(11)14/h4-7H,3H2,1-2H3. The third-order valence-electron chi connectivity index (χ3n) is 3.09. The fourth-order valence-corrected chi connectivity index (χ4v) is 2.64. The molecule has 18 heavy (non-hydrogen) atoms. The van der Waals surface area contributed by atoms with E-state index in [4.69, 9.17) is 0 Å². The number of hydrogen-bond donors (Lipinski definition) is 0. The first kappa shape index (κ1) is 13.0. The minimum atomic E-state index is -0.633. The Labute approximate surface area is 113 Å². The van der Waals surface area contributed by atoms with Crippen LogP contribution in [-0.2, 0) is 9.59 Å². The van der Waals surface area contributed by atoms with Gasteiger partial charge in [0.25, 0.3) is 11.7 Å². The van der Waals surface area contributed by atoms with Crippen LogP contribution in [0, 0.1) is 0 Å². The van der Waals surface area contributed by atoms with Gasteiger partial charge in [0.15, 0.2) is 5.78 Å². The topological polar surface area (TPSA) is 54.5 Å². The first-order chi connectivity index (χ1) is 8.49. The third kappa shape index (κ3) is 1.79. The molecule has 0 saturated heterocycles. The van der Waals surface area contributed by atoms with Crippen molar-refractivity contribution >= 4 is 39.1 Å². The van der Waals surface area contributed by atoms with Crippen molar-refractivity contribution in [3.63, 3.8) is 0 Å². The number of benzene rings is 1. The number of anilines is 1. The Morgan fingerprint density at radius 3 is 2.67 bits per heavy atom. The smallest absolute Gasteiger partial charge is 0.297 e. The molecule has 2 rings (SSSR count). The van der Waals surface area contributed by atoms with Gasteiger partial charge in [-0.3, -0.25) is 19.3 Å². The summed E-state index contributed by atoms with van der Waals surface area (Å²) in [7, 11) is 0. The van der Waals surface area contributed by atoms with Gasteiger partial charge in [-0.05, 0) is 35.0 Å². The number of Topliss-reactive ketones (excluding diaryl/α,β-unsaturated/α-hetero) is 2. The highest BCUT2D eigenvalue weighted by Gasteiger charge is 2.41. The van der Waals surface area contributed by atoms with Gasteiger partial charge in [-0.2, -0.15) is 0 Å². The average molecular weight is 310 g/mol. The summed E-state index contributed by atoms with van der Waals surface area (Å²) in [6.45, 7) is 3.38. The quantitative estimate of drug-likeness (QED) is 0.805. The average Bonchev–Trinajstić information content (AvgIpc) is 2.62. The normalized spacial score (nSPS) is 15.8. The van der Waals surface area contributed by atoms with Crippen molar-refractivity contribution in [2.24, 2.45) is 0 Å². The lowest BCUT2D eigenvalue weighted by molar-refractivity contribution is -0.122. The van der Waals surface area contributed by atoms with E-state index in [1.807, 2.05) is 0 Å². The van der Waals surface area contributed by atoms with Crippen molar-refractivity contribution < 1.29 is 14.4 Å². The number of carbonyl (C=O) groups excluding carboxylic acids is 3. The zero-order valence-electron chi connectivity index (χ0n) is 10.1. The van der Waals surface area contributed by atoms with Crippen LogP contribution in [0.3, 0.4) is 0 Å². The van der Waals surface area contributed by atoms with E-state index in [1.165, 1.54) is 4.90 Å². The van der Waals surface area contributed by atoms with Crippen molar-refractivity contribution in [1.82, 2.24) is 0 Å². The number of para-hydroxylation sites is 1. The number of amides is 1. The zero-order chi connectivity index (χ0) is 13.4. The van der Waals surface area contributed by atoms with Crippen molar-refractivity contribution in [2.75, 3.05) is 4.90 Å². The van der Waals surface area contributed by atoms with Crippen LogP contribution in [0.15, 0.2) is 22.7 Å². The van der Waals surface area contributed by atoms with E-state index >= 15 is 0 Å². The van der Waals surface area contributed by atoms with Crippen LogP contribution in [0.25, 0.3) is 0 Å². The highest BCUT2D eigenvalue weighted by atomic mass is 79.9. The van der Waals surface area contributed by atoms with Crippen LogP contribution in [0.2, 0.25) is 0 Å². The fraction of sp³-hybridized carbons (Fsp3) is 0.308. The van der Waals surface area contributed by atoms with Gasteiger partial charge in [-0.15, -0.1) is 0 Å². The molecule has 5 heteroatoms. The maximum atomic E-state index is 12.0. The van der Waals surface area contributed by atoms with Crippen molar-refractivity contribution in [3.05, 3.63) is 28.2 Å². The predicted molar refractivity (Wildman–Crippen MR) is 70.7 cm³/mol. The van der Waals surface area contributed by atoms with E-state index in [1.54, 1.807) is 32.0 Å². The summed E-state index contributed by atoms with van der Waals surface area (Å²) < 4.78 is 0.648. The fourth-order valence-electron chi connectivity index (χ4n) is 2.08. The minimum absolute atomic E-state index is 0.0697. The summed E-state index contributed by atoms with van der Waals surface area (Å²) in [5.74, 6) is -1.26. The van der Waals surface area contributed by atoms with Crippen LogP contribution >= 0.6 is 15.9 Å². The molecule has 1 aliphatic rings. The first-order valence-corrected chi connectivity index (χ1v) is 6.47. The summed E-state index contributed by atoms with van der Waals surface area (Å²) in [6, 6.07) is 4.43. The molecule has 1 aromatic carbocycles. The summed E-state index contributed by atoms with van der Waals surface area (Å²) in [6.07, 6.45) is 0.332. The van der Waals surface area contributed by atoms with Gasteiger partial charge in [-0.25, -0.2) is 0 Å². The molecule has 4 nitrogen and oxygen atoms in total. The molecule has 1 unspecified atom stereocenters. The van der Waals surface area contributed by atoms with E-state index in [9.17, 15) is 14.4 Å². The zero-order valence-corrected chi connectivity index (χ0v) is 11.7. The molecule has 0 saturated carbocycles. The summed E-state index contributed by atoms with van der Waals surface area (Å²) in [5.41, 5.74) is 0.854. The van der Waals surface area contributed by atoms with Crippen molar-refractivity contribution in [1.29, 1.82) is 0 Å². The molecule has 1 atom stereocenters. The van der Waals surface area contributed by atoms with Crippen LogP contribution < -0.4 is 4.90 Å². The van der Waals surface area contributed by atoms with Gasteiger partial charge < -0.3 is 0 Å². The van der Waals surface area contributed by atoms with Crippen LogP contribution in [-0.4, -0.2) is 23.5 Å². The maximum absolute atomic E-state index is 12.0. The number of fused-ring (bicyclic) bond motifs is 1. The van der Waals surface area contributed by atoms with Crippen LogP contribution in [0.4, 0.5) is 5.69 Å². The lowest BCUT2D eigenvalue weighted by Crippen LogP contribution is -2.42. The van der Waals surface area contributed by atoms with E-state index in [0.29, 0.717) is 22.1 Å². The van der Waals surface area contributed by atoms with Gasteiger partial charge in [0, 0.05) is 10.9 Å². The number of carbonyl (C=O) groups is 3. The molecule has 0 fully saturated rings. The van der Waals surface area contributed by atoms with Crippen LogP contribution in [0.1, 0.15) is 30.6 Å². The van der Waals surface area contributed by atoms with Gasteiger partial charge in [0.05, 0.1) is 17.3 Å². The monoisotopic (exact) mass is 309 g/mol. The highest BCUT2D eigenvalue weighted by Crippen LogP contribution is 2.37. The Bertz CT molecular complexity index is 553. The van der Waals surface area contributed by atoms with E-state index in [-0.39, 0.29) is 5.78 Å². The molecule has 1 aromatic rings. The second-order valence-electron chi connectivity index (χ2n) is 4.14. The Morgan fingerprint density at radius 2 is 2.06 bits per heavy atom. The molecular formula is C13H12BrNO3. The highest BCUT2D eigenvalue weighted by molar-refractivity contribution is 9.10. The summed E-state index contributed by atoms with van der Waals surface area (Å²) in [5, 5.41) is 0. The van der Waals surface area contributed by atoms with Crippen molar-refractivity contribution in [2.45, 2.75) is 26.3 Å². The predicted octanol–water partition coefficient (Wildman–Crippen LogP) is 2.35. The van der Waals surface area contributed by atoms with Gasteiger partial charge in [-0.1, -0.05) is 13.0 Å². The molecule has 0 bridgehead atoms. The van der Waals surface area contributed by atoms with Gasteiger partial charge >= 0.3 is 0 Å². The molecule has 94 valence electrons. The molecule has 1 aliphatic heterocycles. The number of hydrogen-bond acceptors (Lipinski definition) is 3. The van der Waals surface area contributed by atoms with E-state index < -0.39 is 17.7 Å². The maximum Gasteiger partial charge on any atom is 0.300 e. The molecule has 1 heterocycles. The number of rotatable bonds is 3. The Hall–Kier alpha value is -1.49. The largest absolute Gasteiger partial charge is 0.300 e. The van der Waals surface area contributed by atoms with Gasteiger partial charge in [0.1, 0.15) is 0 Å². The molecule has 0 spiro atoms. The second-order valence-corrected chi connectivity index (χ2v) is 4.99.